The number of fused-ring (bicyclic) bond motifs is 2. The van der Waals surface area contributed by atoms with Gasteiger partial charge >= 0.3 is 0 Å². The normalized spacial score (nSPS) is 31.6. The molecule has 4 rings (SSSR count). The van der Waals surface area contributed by atoms with Crippen LogP contribution in [0, 0.1) is 5.92 Å². The van der Waals surface area contributed by atoms with Gasteiger partial charge in [0.25, 0.3) is 0 Å². The highest BCUT2D eigenvalue weighted by Crippen LogP contribution is 2.38. The smallest absolute Gasteiger partial charge is 0.245 e. The summed E-state index contributed by atoms with van der Waals surface area (Å²) in [6.07, 6.45) is 7.21. The highest BCUT2D eigenvalue weighted by Gasteiger charge is 2.40. The van der Waals surface area contributed by atoms with Crippen molar-refractivity contribution in [3.8, 4) is 0 Å². The van der Waals surface area contributed by atoms with Gasteiger partial charge < -0.3 is 10.2 Å². The fraction of sp³-hybridized carbons (Fsp3) is 0.588. The van der Waals surface area contributed by atoms with Crippen molar-refractivity contribution in [3.05, 3.63) is 29.8 Å². The summed E-state index contributed by atoms with van der Waals surface area (Å²) >= 11 is 0. The van der Waals surface area contributed by atoms with Gasteiger partial charge in [-0.15, -0.1) is 0 Å². The molecular weight excluding hydrogens is 248 g/mol. The number of carbonyl (C=O) groups excluding carboxylic acids is 1. The minimum absolute atomic E-state index is 0.0354. The molecule has 1 aliphatic carbocycles. The summed E-state index contributed by atoms with van der Waals surface area (Å²) in [6, 6.07) is 8.79. The number of rotatable bonds is 1. The van der Waals surface area contributed by atoms with E-state index in [0.29, 0.717) is 11.9 Å². The van der Waals surface area contributed by atoms with E-state index in [4.69, 9.17) is 0 Å². The number of likely N-dealkylation sites (tertiary alicyclic amines) is 1. The number of nitrogens with one attached hydrogen (secondary N) is 1. The van der Waals surface area contributed by atoms with Crippen molar-refractivity contribution >= 4 is 11.6 Å². The number of carbonyl (C=O) groups is 1. The Bertz CT molecular complexity index is 502. The van der Waals surface area contributed by atoms with Crippen LogP contribution in [0.3, 0.4) is 0 Å². The molecule has 2 aliphatic heterocycles. The lowest BCUT2D eigenvalue weighted by Crippen LogP contribution is -2.51. The van der Waals surface area contributed by atoms with Crippen LogP contribution in [0.5, 0.6) is 0 Å². The maximum Gasteiger partial charge on any atom is 0.245 e. The van der Waals surface area contributed by atoms with Gasteiger partial charge in [0.1, 0.15) is 6.04 Å². The monoisotopic (exact) mass is 270 g/mol. The third kappa shape index (κ3) is 1.91. The average Bonchev–Trinajstić information content (AvgIpc) is 3.12. The van der Waals surface area contributed by atoms with Crippen LogP contribution in [0.25, 0.3) is 0 Å². The molecule has 3 atom stereocenters. The SMILES string of the molecule is O=C(C1Cc2ccccc2N1)N1CCCC2CCCC21. The Balaban J connectivity index is 1.51. The standard InChI is InChI=1S/C17H22N2O/c20-17(15-11-13-5-1-2-8-14(13)18-15)19-10-4-7-12-6-3-9-16(12)19/h1-2,5,8,12,15-16,18H,3-4,6-7,9-11H2. The summed E-state index contributed by atoms with van der Waals surface area (Å²) in [4.78, 5) is 15.1. The van der Waals surface area contributed by atoms with Gasteiger partial charge in [0, 0.05) is 24.7 Å². The topological polar surface area (TPSA) is 32.3 Å². The molecule has 1 N–H and O–H groups in total. The van der Waals surface area contributed by atoms with E-state index in [9.17, 15) is 4.79 Å². The Morgan fingerprint density at radius 3 is 2.90 bits per heavy atom. The second-order valence-electron chi connectivity index (χ2n) is 6.49. The Labute approximate surface area is 120 Å². The van der Waals surface area contributed by atoms with E-state index in [2.05, 4.69) is 28.4 Å². The van der Waals surface area contributed by atoms with Crippen molar-refractivity contribution in [3.63, 3.8) is 0 Å². The molecule has 3 unspecified atom stereocenters. The molecule has 1 saturated heterocycles. The van der Waals surface area contributed by atoms with Crippen LogP contribution in [0.1, 0.15) is 37.7 Å². The first kappa shape index (κ1) is 12.2. The number of nitrogens with zero attached hydrogens (tertiary/aromatic N) is 1. The Morgan fingerprint density at radius 2 is 2.00 bits per heavy atom. The van der Waals surface area contributed by atoms with Gasteiger partial charge in [0.15, 0.2) is 0 Å². The number of para-hydroxylation sites is 1. The van der Waals surface area contributed by atoms with Gasteiger partial charge in [0.05, 0.1) is 0 Å². The quantitative estimate of drug-likeness (QED) is 0.851. The van der Waals surface area contributed by atoms with E-state index in [1.54, 1.807) is 0 Å². The molecule has 0 aromatic heterocycles. The number of anilines is 1. The second-order valence-corrected chi connectivity index (χ2v) is 6.49. The van der Waals surface area contributed by atoms with Crippen LogP contribution in [0.4, 0.5) is 5.69 Å². The highest BCUT2D eigenvalue weighted by atomic mass is 16.2. The molecule has 0 spiro atoms. The molecule has 20 heavy (non-hydrogen) atoms. The fourth-order valence-corrected chi connectivity index (χ4v) is 4.37. The zero-order valence-corrected chi connectivity index (χ0v) is 11.8. The predicted octanol–water partition coefficient (Wildman–Crippen LogP) is 2.81. The van der Waals surface area contributed by atoms with Crippen molar-refractivity contribution in [1.82, 2.24) is 4.90 Å². The van der Waals surface area contributed by atoms with E-state index in [-0.39, 0.29) is 6.04 Å². The minimum atomic E-state index is -0.0354. The molecule has 1 aromatic rings. The Hall–Kier alpha value is -1.51. The lowest BCUT2D eigenvalue weighted by atomic mass is 9.91. The number of amides is 1. The van der Waals surface area contributed by atoms with Crippen molar-refractivity contribution in [2.24, 2.45) is 5.92 Å². The minimum Gasteiger partial charge on any atom is -0.373 e. The summed E-state index contributed by atoms with van der Waals surface area (Å²) in [6.45, 7) is 0.967. The maximum atomic E-state index is 12.9. The lowest BCUT2D eigenvalue weighted by Gasteiger charge is -2.39. The summed E-state index contributed by atoms with van der Waals surface area (Å²) in [5.41, 5.74) is 2.43. The number of piperidine rings is 1. The number of hydrogen-bond acceptors (Lipinski definition) is 2. The summed E-state index contributed by atoms with van der Waals surface area (Å²) < 4.78 is 0. The molecule has 1 amide bonds. The maximum absolute atomic E-state index is 12.9. The number of hydrogen-bond donors (Lipinski definition) is 1. The third-order valence-electron chi connectivity index (χ3n) is 5.35. The summed E-state index contributed by atoms with van der Waals surface area (Å²) in [7, 11) is 0. The first-order valence-electron chi connectivity index (χ1n) is 7.98. The van der Waals surface area contributed by atoms with Crippen LogP contribution in [0.2, 0.25) is 0 Å². The molecule has 106 valence electrons. The molecule has 3 heteroatoms. The van der Waals surface area contributed by atoms with Crippen molar-refractivity contribution < 1.29 is 4.79 Å². The number of benzene rings is 1. The van der Waals surface area contributed by atoms with Crippen molar-refractivity contribution in [2.45, 2.75) is 50.6 Å². The first-order valence-corrected chi connectivity index (χ1v) is 7.98. The van der Waals surface area contributed by atoms with Crippen molar-refractivity contribution in [2.75, 3.05) is 11.9 Å². The van der Waals surface area contributed by atoms with E-state index in [1.807, 2.05) is 6.07 Å². The molecule has 3 aliphatic rings. The van der Waals surface area contributed by atoms with E-state index < -0.39 is 0 Å². The first-order chi connectivity index (χ1) is 9.83. The van der Waals surface area contributed by atoms with Gasteiger partial charge in [-0.1, -0.05) is 24.6 Å². The molecule has 3 nitrogen and oxygen atoms in total. The zero-order chi connectivity index (χ0) is 13.5. The van der Waals surface area contributed by atoms with Gasteiger partial charge in [0.2, 0.25) is 5.91 Å². The molecular formula is C17H22N2O. The Morgan fingerprint density at radius 1 is 1.15 bits per heavy atom. The Kier molecular flexibility index (Phi) is 2.94. The molecule has 1 aromatic carbocycles. The van der Waals surface area contributed by atoms with Crippen LogP contribution in [-0.4, -0.2) is 29.4 Å². The van der Waals surface area contributed by atoms with Gasteiger partial charge in [-0.05, 0) is 43.2 Å². The molecule has 0 bridgehead atoms. The lowest BCUT2D eigenvalue weighted by molar-refractivity contribution is -0.136. The van der Waals surface area contributed by atoms with Gasteiger partial charge in [-0.3, -0.25) is 4.79 Å². The second kappa shape index (κ2) is 4.80. The molecule has 2 fully saturated rings. The molecule has 0 radical (unpaired) electrons. The summed E-state index contributed by atoms with van der Waals surface area (Å²) in [5.74, 6) is 1.11. The highest BCUT2D eigenvalue weighted by molar-refractivity contribution is 5.87. The zero-order valence-electron chi connectivity index (χ0n) is 11.8. The predicted molar refractivity (Wildman–Crippen MR) is 79.6 cm³/mol. The summed E-state index contributed by atoms with van der Waals surface area (Å²) in [5, 5.41) is 3.42. The van der Waals surface area contributed by atoms with Gasteiger partial charge in [-0.25, -0.2) is 0 Å². The van der Waals surface area contributed by atoms with Crippen LogP contribution < -0.4 is 5.32 Å². The van der Waals surface area contributed by atoms with Crippen molar-refractivity contribution in [1.29, 1.82) is 0 Å². The van der Waals surface area contributed by atoms with Crippen LogP contribution >= 0.6 is 0 Å². The van der Waals surface area contributed by atoms with Crippen LogP contribution in [-0.2, 0) is 11.2 Å². The third-order valence-corrected chi connectivity index (χ3v) is 5.35. The van der Waals surface area contributed by atoms with E-state index in [0.717, 1.165) is 24.6 Å². The van der Waals surface area contributed by atoms with Gasteiger partial charge in [-0.2, -0.15) is 0 Å². The molecule has 1 saturated carbocycles. The van der Waals surface area contributed by atoms with E-state index >= 15 is 0 Å². The average molecular weight is 270 g/mol. The largest absolute Gasteiger partial charge is 0.373 e. The van der Waals surface area contributed by atoms with E-state index in [1.165, 1.54) is 37.7 Å². The van der Waals surface area contributed by atoms with Crippen LogP contribution in [0.15, 0.2) is 24.3 Å². The fourth-order valence-electron chi connectivity index (χ4n) is 4.37. The molecule has 2 heterocycles.